The molecule has 7 heteroatoms. The monoisotopic (exact) mass is 214 g/mol. The second-order valence-electron chi connectivity index (χ2n) is 2.32. The average Bonchev–Trinajstić information content (AvgIpc) is 2.83. The summed E-state index contributed by atoms with van der Waals surface area (Å²) >= 11 is 0. The van der Waals surface area contributed by atoms with Crippen LogP contribution < -0.4 is 0 Å². The van der Waals surface area contributed by atoms with E-state index in [1.54, 1.807) is 7.11 Å². The molecule has 0 spiro atoms. The predicted octanol–water partition coefficient (Wildman–Crippen LogP) is 0.147. The van der Waals surface area contributed by atoms with Crippen LogP contribution in [0.15, 0.2) is 0 Å². The molecule has 0 aromatic heterocycles. The highest BCUT2D eigenvalue weighted by Crippen LogP contribution is 2.36. The molecule has 0 saturated carbocycles. The SMILES string of the molecule is CCOC.O=P(O)(O)OCC1CO1. The molecule has 1 aliphatic rings. The van der Waals surface area contributed by atoms with Crippen LogP contribution in [0.4, 0.5) is 0 Å². The molecule has 1 saturated heterocycles. The summed E-state index contributed by atoms with van der Waals surface area (Å²) in [6.07, 6.45) is -0.0994. The summed E-state index contributed by atoms with van der Waals surface area (Å²) in [4.78, 5) is 16.3. The molecule has 1 atom stereocenters. The zero-order valence-corrected chi connectivity index (χ0v) is 8.57. The number of phosphoric acid groups is 1. The number of hydrogen-bond acceptors (Lipinski definition) is 4. The first-order valence-corrected chi connectivity index (χ1v) is 5.33. The van der Waals surface area contributed by atoms with Gasteiger partial charge in [-0.1, -0.05) is 0 Å². The molecule has 0 aromatic carbocycles. The van der Waals surface area contributed by atoms with Crippen molar-refractivity contribution in [2.75, 3.05) is 26.9 Å². The summed E-state index contributed by atoms with van der Waals surface area (Å²) in [5.74, 6) is 0. The molecule has 0 aliphatic carbocycles. The van der Waals surface area contributed by atoms with Crippen molar-refractivity contribution >= 4 is 7.82 Å². The Morgan fingerprint density at radius 1 is 1.62 bits per heavy atom. The Kier molecular flexibility index (Phi) is 6.49. The Labute approximate surface area is 77.0 Å². The zero-order chi connectivity index (χ0) is 10.3. The molecule has 1 unspecified atom stereocenters. The third kappa shape index (κ3) is 12.0. The lowest BCUT2D eigenvalue weighted by Gasteiger charge is -2.00. The van der Waals surface area contributed by atoms with E-state index < -0.39 is 7.82 Å². The molecule has 1 heterocycles. The van der Waals surface area contributed by atoms with Crippen LogP contribution in [-0.4, -0.2) is 42.8 Å². The van der Waals surface area contributed by atoms with Gasteiger partial charge in [0.2, 0.25) is 0 Å². The number of epoxide rings is 1. The van der Waals surface area contributed by atoms with E-state index in [9.17, 15) is 4.57 Å². The molecule has 0 radical (unpaired) electrons. The van der Waals surface area contributed by atoms with E-state index in [2.05, 4.69) is 14.0 Å². The maximum absolute atomic E-state index is 9.98. The van der Waals surface area contributed by atoms with Gasteiger partial charge in [0, 0.05) is 13.7 Å². The molecular formula is C6H15O6P. The van der Waals surface area contributed by atoms with Crippen molar-refractivity contribution in [3.05, 3.63) is 0 Å². The summed E-state index contributed by atoms with van der Waals surface area (Å²) in [5.41, 5.74) is 0. The van der Waals surface area contributed by atoms with Crippen LogP contribution in [0.5, 0.6) is 0 Å². The summed E-state index contributed by atoms with van der Waals surface area (Å²) < 4.78 is 23.3. The molecule has 6 nitrogen and oxygen atoms in total. The number of phosphoric ester groups is 1. The second-order valence-corrected chi connectivity index (χ2v) is 3.56. The van der Waals surface area contributed by atoms with E-state index in [0.717, 1.165) is 6.61 Å². The molecule has 0 bridgehead atoms. The predicted molar refractivity (Wildman–Crippen MR) is 45.3 cm³/mol. The minimum Gasteiger partial charge on any atom is -0.385 e. The quantitative estimate of drug-likeness (QED) is 0.511. The average molecular weight is 214 g/mol. The first-order chi connectivity index (χ1) is 5.99. The fraction of sp³-hybridized carbons (Fsp3) is 1.00. The van der Waals surface area contributed by atoms with Gasteiger partial charge in [0.15, 0.2) is 0 Å². The van der Waals surface area contributed by atoms with Crippen LogP contribution in [0.3, 0.4) is 0 Å². The van der Waals surface area contributed by atoms with Crippen molar-refractivity contribution in [3.8, 4) is 0 Å². The highest BCUT2D eigenvalue weighted by Gasteiger charge is 2.26. The normalized spacial score (nSPS) is 20.5. The highest BCUT2D eigenvalue weighted by atomic mass is 31.2. The Morgan fingerprint density at radius 3 is 2.31 bits per heavy atom. The van der Waals surface area contributed by atoms with Crippen LogP contribution in [0, 0.1) is 0 Å². The van der Waals surface area contributed by atoms with E-state index in [0.29, 0.717) is 6.61 Å². The van der Waals surface area contributed by atoms with Gasteiger partial charge < -0.3 is 19.3 Å². The van der Waals surface area contributed by atoms with E-state index in [-0.39, 0.29) is 12.7 Å². The van der Waals surface area contributed by atoms with Gasteiger partial charge in [0.25, 0.3) is 0 Å². The fourth-order valence-corrected chi connectivity index (χ4v) is 0.705. The minimum absolute atomic E-state index is 0.00965. The lowest BCUT2D eigenvalue weighted by molar-refractivity contribution is 0.180. The molecule has 2 N–H and O–H groups in total. The molecule has 13 heavy (non-hydrogen) atoms. The Hall–Kier alpha value is 0.0300. The van der Waals surface area contributed by atoms with Gasteiger partial charge in [0.05, 0.1) is 13.2 Å². The molecule has 80 valence electrons. The summed E-state index contributed by atoms with van der Waals surface area (Å²) in [5, 5.41) is 0. The van der Waals surface area contributed by atoms with Gasteiger partial charge in [0.1, 0.15) is 6.10 Å². The van der Waals surface area contributed by atoms with Crippen molar-refractivity contribution in [3.63, 3.8) is 0 Å². The van der Waals surface area contributed by atoms with Gasteiger partial charge in [-0.05, 0) is 6.92 Å². The molecule has 0 amide bonds. The van der Waals surface area contributed by atoms with E-state index in [1.165, 1.54) is 0 Å². The van der Waals surface area contributed by atoms with Crippen molar-refractivity contribution in [1.82, 2.24) is 0 Å². The second kappa shape index (κ2) is 6.48. The van der Waals surface area contributed by atoms with Gasteiger partial charge in [-0.3, -0.25) is 4.52 Å². The summed E-state index contributed by atoms with van der Waals surface area (Å²) in [6.45, 7) is 3.31. The van der Waals surface area contributed by atoms with Crippen LogP contribution in [0.25, 0.3) is 0 Å². The largest absolute Gasteiger partial charge is 0.469 e. The highest BCUT2D eigenvalue weighted by molar-refractivity contribution is 7.46. The van der Waals surface area contributed by atoms with Gasteiger partial charge in [-0.2, -0.15) is 0 Å². The number of rotatable bonds is 4. The standard InChI is InChI=1S/C3H7O5P.C3H8O/c4-9(5,6)8-2-3-1-7-3;1-3-4-2/h3H,1-2H2,(H2,4,5,6);3H2,1-2H3. The van der Waals surface area contributed by atoms with Crippen LogP contribution >= 0.6 is 7.82 Å². The minimum atomic E-state index is -4.26. The summed E-state index contributed by atoms with van der Waals surface area (Å²) in [7, 11) is -2.58. The molecule has 1 fully saturated rings. The molecule has 1 aliphatic heterocycles. The Balaban J connectivity index is 0.000000310. The van der Waals surface area contributed by atoms with E-state index >= 15 is 0 Å². The van der Waals surface area contributed by atoms with E-state index in [1.807, 2.05) is 6.92 Å². The van der Waals surface area contributed by atoms with Gasteiger partial charge in [-0.25, -0.2) is 4.57 Å². The number of ether oxygens (including phenoxy) is 2. The first-order valence-electron chi connectivity index (χ1n) is 3.80. The van der Waals surface area contributed by atoms with E-state index in [4.69, 9.17) is 9.79 Å². The van der Waals surface area contributed by atoms with Crippen molar-refractivity contribution in [2.24, 2.45) is 0 Å². The number of methoxy groups -OCH3 is 1. The third-order valence-electron chi connectivity index (χ3n) is 1.12. The smallest absolute Gasteiger partial charge is 0.385 e. The van der Waals surface area contributed by atoms with Crippen molar-refractivity contribution in [2.45, 2.75) is 13.0 Å². The van der Waals surface area contributed by atoms with Gasteiger partial charge in [-0.15, -0.1) is 0 Å². The molecular weight excluding hydrogens is 199 g/mol. The van der Waals surface area contributed by atoms with Crippen LogP contribution in [0.2, 0.25) is 0 Å². The third-order valence-corrected chi connectivity index (χ3v) is 1.61. The lowest BCUT2D eigenvalue weighted by atomic mass is 10.5. The van der Waals surface area contributed by atoms with Gasteiger partial charge >= 0.3 is 7.82 Å². The Morgan fingerprint density at radius 2 is 2.08 bits per heavy atom. The number of hydrogen-bond donors (Lipinski definition) is 2. The maximum Gasteiger partial charge on any atom is 0.469 e. The molecule has 1 rings (SSSR count). The van der Waals surface area contributed by atoms with Crippen molar-refractivity contribution in [1.29, 1.82) is 0 Å². The van der Waals surface area contributed by atoms with Crippen LogP contribution in [-0.2, 0) is 18.6 Å². The Bertz CT molecular complexity index is 161. The van der Waals surface area contributed by atoms with Crippen LogP contribution in [0.1, 0.15) is 6.92 Å². The summed E-state index contributed by atoms with van der Waals surface area (Å²) in [6, 6.07) is 0. The fourth-order valence-electron chi connectivity index (χ4n) is 0.344. The zero-order valence-electron chi connectivity index (χ0n) is 7.67. The maximum atomic E-state index is 9.98. The first kappa shape index (κ1) is 13.0. The van der Waals surface area contributed by atoms with Crippen molar-refractivity contribution < 1.29 is 28.3 Å². The topological polar surface area (TPSA) is 88.5 Å². The molecule has 0 aromatic rings. The lowest BCUT2D eigenvalue weighted by Crippen LogP contribution is -1.98.